The van der Waals surface area contributed by atoms with Gasteiger partial charge in [0.05, 0.1) is 25.8 Å². The second-order valence-corrected chi connectivity index (χ2v) is 7.95. The van der Waals surface area contributed by atoms with Gasteiger partial charge in [-0.15, -0.1) is 35.3 Å². The summed E-state index contributed by atoms with van der Waals surface area (Å²) in [4.78, 5) is 8.76. The van der Waals surface area contributed by atoms with Crippen molar-refractivity contribution in [1.82, 2.24) is 15.5 Å². The largest absolute Gasteiger partial charge is 0.385 e. The van der Waals surface area contributed by atoms with E-state index in [1.165, 1.54) is 4.88 Å². The molecule has 0 radical (unpaired) electrons. The molecule has 0 amide bonds. The second kappa shape index (κ2) is 14.6. The minimum absolute atomic E-state index is 0. The van der Waals surface area contributed by atoms with Crippen molar-refractivity contribution in [3.8, 4) is 0 Å². The van der Waals surface area contributed by atoms with Gasteiger partial charge in [-0.25, -0.2) is 0 Å². The zero-order valence-electron chi connectivity index (χ0n) is 17.7. The lowest BCUT2D eigenvalue weighted by molar-refractivity contribution is 0.0186. The molecule has 2 heterocycles. The summed E-state index contributed by atoms with van der Waals surface area (Å²) in [6, 6.07) is 15.0. The van der Waals surface area contributed by atoms with Crippen LogP contribution in [0.1, 0.15) is 24.3 Å². The molecule has 1 fully saturated rings. The van der Waals surface area contributed by atoms with E-state index in [0.29, 0.717) is 6.04 Å². The number of ether oxygens (including phenoxy) is 1. The summed E-state index contributed by atoms with van der Waals surface area (Å²) in [6.45, 7) is 9.06. The number of benzene rings is 1. The van der Waals surface area contributed by atoms with E-state index in [9.17, 15) is 0 Å². The number of rotatable bonds is 10. The Morgan fingerprint density at radius 3 is 2.60 bits per heavy atom. The van der Waals surface area contributed by atoms with Crippen molar-refractivity contribution in [2.24, 2.45) is 4.99 Å². The highest BCUT2D eigenvalue weighted by molar-refractivity contribution is 14.0. The monoisotopic (exact) mass is 543 g/mol. The van der Waals surface area contributed by atoms with Crippen LogP contribution in [0.2, 0.25) is 0 Å². The fourth-order valence-electron chi connectivity index (χ4n) is 3.36. The maximum absolute atomic E-state index is 5.53. The van der Waals surface area contributed by atoms with Gasteiger partial charge in [-0.2, -0.15) is 0 Å². The third-order valence-corrected chi connectivity index (χ3v) is 5.85. The molecule has 0 aliphatic carbocycles. The molecule has 1 aromatic carbocycles. The highest BCUT2D eigenvalue weighted by Crippen LogP contribution is 2.26. The first-order chi connectivity index (χ1) is 14.4. The first-order valence-corrected chi connectivity index (χ1v) is 11.4. The number of para-hydroxylation sites is 1. The van der Waals surface area contributed by atoms with Gasteiger partial charge in [0.1, 0.15) is 0 Å². The first-order valence-electron chi connectivity index (χ1n) is 10.5. The Balaban J connectivity index is 0.00000320. The van der Waals surface area contributed by atoms with Crippen LogP contribution in [0.3, 0.4) is 0 Å². The van der Waals surface area contributed by atoms with Crippen molar-refractivity contribution >= 4 is 47.0 Å². The molecule has 2 aromatic rings. The molecule has 8 heteroatoms. The summed E-state index contributed by atoms with van der Waals surface area (Å²) >= 11 is 1.81. The van der Waals surface area contributed by atoms with E-state index >= 15 is 0 Å². The molecule has 3 rings (SSSR count). The maximum Gasteiger partial charge on any atom is 0.191 e. The van der Waals surface area contributed by atoms with Crippen molar-refractivity contribution < 1.29 is 4.74 Å². The first kappa shape index (κ1) is 24.9. The van der Waals surface area contributed by atoms with Crippen molar-refractivity contribution in [1.29, 1.82) is 0 Å². The number of hydrogen-bond acceptors (Lipinski definition) is 5. The van der Waals surface area contributed by atoms with Gasteiger partial charge < -0.3 is 20.7 Å². The number of halogens is 1. The molecule has 1 unspecified atom stereocenters. The fraction of sp³-hybridized carbons (Fsp3) is 0.500. The van der Waals surface area contributed by atoms with Gasteiger partial charge in [-0.05, 0) is 36.9 Å². The van der Waals surface area contributed by atoms with Crippen LogP contribution in [0.25, 0.3) is 0 Å². The fourth-order valence-corrected chi connectivity index (χ4v) is 4.21. The highest BCUT2D eigenvalue weighted by Gasteiger charge is 2.23. The zero-order valence-corrected chi connectivity index (χ0v) is 20.8. The Bertz CT molecular complexity index is 708. The van der Waals surface area contributed by atoms with Crippen LogP contribution in [-0.4, -0.2) is 63.3 Å². The smallest absolute Gasteiger partial charge is 0.191 e. The normalized spacial score (nSPS) is 15.8. The molecule has 30 heavy (non-hydrogen) atoms. The minimum Gasteiger partial charge on any atom is -0.385 e. The molecule has 0 bridgehead atoms. The minimum atomic E-state index is 0. The van der Waals surface area contributed by atoms with Crippen LogP contribution < -0.4 is 16.0 Å². The summed E-state index contributed by atoms with van der Waals surface area (Å²) in [7, 11) is 0. The van der Waals surface area contributed by atoms with E-state index in [0.717, 1.165) is 70.6 Å². The third-order valence-electron chi connectivity index (χ3n) is 4.87. The van der Waals surface area contributed by atoms with Gasteiger partial charge in [0.2, 0.25) is 0 Å². The molecular weight excluding hydrogens is 509 g/mol. The van der Waals surface area contributed by atoms with Crippen molar-refractivity contribution in [3.05, 3.63) is 52.7 Å². The van der Waals surface area contributed by atoms with E-state index in [4.69, 9.17) is 9.73 Å². The number of aliphatic imine (C=N–C) groups is 1. The summed E-state index contributed by atoms with van der Waals surface area (Å²) in [5.41, 5.74) is 1.16. The van der Waals surface area contributed by atoms with Crippen molar-refractivity contribution in [3.63, 3.8) is 0 Å². The maximum atomic E-state index is 5.53. The summed E-state index contributed by atoms with van der Waals surface area (Å²) in [6.07, 6.45) is 1.02. The predicted octanol–water partition coefficient (Wildman–Crippen LogP) is 3.80. The number of anilines is 1. The van der Waals surface area contributed by atoms with Crippen molar-refractivity contribution in [2.75, 3.05) is 57.8 Å². The molecule has 1 aromatic heterocycles. The van der Waals surface area contributed by atoms with Crippen LogP contribution in [0, 0.1) is 0 Å². The van der Waals surface area contributed by atoms with Crippen LogP contribution in [0.4, 0.5) is 5.69 Å². The molecule has 166 valence electrons. The van der Waals surface area contributed by atoms with Crippen LogP contribution in [0.5, 0.6) is 0 Å². The number of nitrogens with one attached hydrogen (secondary N) is 3. The van der Waals surface area contributed by atoms with Crippen molar-refractivity contribution in [2.45, 2.75) is 19.4 Å². The quantitative estimate of drug-likeness (QED) is 0.184. The van der Waals surface area contributed by atoms with Gasteiger partial charge >= 0.3 is 0 Å². The SMILES string of the molecule is CCNC(=NCC(c1cccs1)N1CCOCC1)NCCCNc1ccccc1.I. The van der Waals surface area contributed by atoms with E-state index < -0.39 is 0 Å². The topological polar surface area (TPSA) is 60.9 Å². The molecule has 3 N–H and O–H groups in total. The molecule has 6 nitrogen and oxygen atoms in total. The van der Waals surface area contributed by atoms with Gasteiger partial charge in [-0.1, -0.05) is 24.3 Å². The average Bonchev–Trinajstić information content (AvgIpc) is 3.29. The number of nitrogens with zero attached hydrogens (tertiary/aromatic N) is 2. The van der Waals surface area contributed by atoms with E-state index in [1.54, 1.807) is 0 Å². The number of thiophene rings is 1. The lowest BCUT2D eigenvalue weighted by Gasteiger charge is -2.33. The molecular formula is C22H34IN5OS. The Hall–Kier alpha value is -1.36. The highest BCUT2D eigenvalue weighted by atomic mass is 127. The average molecular weight is 544 g/mol. The number of morpholine rings is 1. The van der Waals surface area contributed by atoms with Gasteiger partial charge in [0, 0.05) is 43.3 Å². The number of hydrogen-bond donors (Lipinski definition) is 3. The lowest BCUT2D eigenvalue weighted by Crippen LogP contribution is -2.41. The molecule has 1 saturated heterocycles. The Kier molecular flexibility index (Phi) is 12.1. The van der Waals surface area contributed by atoms with E-state index in [1.807, 2.05) is 17.4 Å². The Labute approximate surface area is 201 Å². The van der Waals surface area contributed by atoms with E-state index in [-0.39, 0.29) is 24.0 Å². The van der Waals surface area contributed by atoms with Gasteiger partial charge in [0.15, 0.2) is 5.96 Å². The summed E-state index contributed by atoms with van der Waals surface area (Å²) < 4.78 is 5.53. The third kappa shape index (κ3) is 8.41. The van der Waals surface area contributed by atoms with Gasteiger partial charge in [0.25, 0.3) is 0 Å². The van der Waals surface area contributed by atoms with E-state index in [2.05, 4.69) is 69.6 Å². The zero-order chi connectivity index (χ0) is 20.2. The molecule has 0 saturated carbocycles. The standard InChI is InChI=1S/C22H33N5OS.HI/c1-2-23-22(25-12-7-11-24-19-8-4-3-5-9-19)26-18-20(21-10-6-17-29-21)27-13-15-28-16-14-27;/h3-6,8-10,17,20,24H,2,7,11-16,18H2,1H3,(H2,23,25,26);1H. The molecule has 0 spiro atoms. The Morgan fingerprint density at radius 1 is 1.10 bits per heavy atom. The van der Waals surface area contributed by atoms with Crippen LogP contribution in [-0.2, 0) is 4.74 Å². The molecule has 1 aliphatic rings. The Morgan fingerprint density at radius 2 is 1.90 bits per heavy atom. The predicted molar refractivity (Wildman–Crippen MR) is 138 cm³/mol. The lowest BCUT2D eigenvalue weighted by atomic mass is 10.2. The summed E-state index contributed by atoms with van der Waals surface area (Å²) in [5.74, 6) is 0.891. The van der Waals surface area contributed by atoms with Crippen LogP contribution in [0.15, 0.2) is 52.8 Å². The summed E-state index contributed by atoms with van der Waals surface area (Å²) in [5, 5.41) is 12.4. The molecule has 1 atom stereocenters. The molecule has 1 aliphatic heterocycles. The van der Waals surface area contributed by atoms with Crippen LogP contribution >= 0.6 is 35.3 Å². The number of guanidine groups is 1. The second-order valence-electron chi connectivity index (χ2n) is 6.97. The van der Waals surface area contributed by atoms with Gasteiger partial charge in [-0.3, -0.25) is 9.89 Å².